The second-order valence-corrected chi connectivity index (χ2v) is 4.14. The maximum atomic E-state index is 13.3. The monoisotopic (exact) mass is 259 g/mol. The number of halogens is 3. The van der Waals surface area contributed by atoms with Crippen LogP contribution in [-0.4, -0.2) is 19.1 Å². The first-order valence-corrected chi connectivity index (χ1v) is 5.57. The van der Waals surface area contributed by atoms with Crippen LogP contribution in [0.3, 0.4) is 0 Å². The third-order valence-corrected chi connectivity index (χ3v) is 2.84. The topological polar surface area (TPSA) is 38.3 Å². The van der Waals surface area contributed by atoms with Crippen LogP contribution in [0.15, 0.2) is 12.1 Å². The number of benzene rings is 1. The molecule has 0 radical (unpaired) electrons. The minimum absolute atomic E-state index is 0.0823. The van der Waals surface area contributed by atoms with Crippen LogP contribution in [0.2, 0.25) is 0 Å². The molecule has 2 rings (SSSR count). The summed E-state index contributed by atoms with van der Waals surface area (Å²) >= 11 is 0. The number of rotatable bonds is 3. The van der Waals surface area contributed by atoms with Gasteiger partial charge in [-0.1, -0.05) is 0 Å². The van der Waals surface area contributed by atoms with E-state index in [-0.39, 0.29) is 23.9 Å². The van der Waals surface area contributed by atoms with Gasteiger partial charge in [0, 0.05) is 24.8 Å². The molecule has 18 heavy (non-hydrogen) atoms. The smallest absolute Gasteiger partial charge is 0.225 e. The zero-order valence-corrected chi connectivity index (χ0v) is 9.51. The summed E-state index contributed by atoms with van der Waals surface area (Å²) in [6.07, 6.45) is 0.617. The summed E-state index contributed by atoms with van der Waals surface area (Å²) < 4.78 is 43.9. The zero-order valence-electron chi connectivity index (χ0n) is 9.51. The average Bonchev–Trinajstić information content (AvgIpc) is 2.85. The predicted molar refractivity (Wildman–Crippen MR) is 57.1 cm³/mol. The molecule has 1 fully saturated rings. The molecule has 0 aliphatic carbocycles. The number of hydrogen-bond acceptors (Lipinski definition) is 2. The highest BCUT2D eigenvalue weighted by Gasteiger charge is 2.23. The second kappa shape index (κ2) is 5.39. The normalized spacial score (nSPS) is 18.9. The molecule has 1 aromatic rings. The SMILES string of the molecule is O=C(NCc1cc(F)c(F)cc1F)[C@@H]1CCOC1. The van der Waals surface area contributed by atoms with Crippen molar-refractivity contribution in [1.29, 1.82) is 0 Å². The Hall–Kier alpha value is -1.56. The first-order chi connectivity index (χ1) is 8.58. The van der Waals surface area contributed by atoms with E-state index in [4.69, 9.17) is 4.74 Å². The fourth-order valence-electron chi connectivity index (χ4n) is 1.77. The van der Waals surface area contributed by atoms with Crippen molar-refractivity contribution < 1.29 is 22.7 Å². The van der Waals surface area contributed by atoms with Crippen molar-refractivity contribution in [3.8, 4) is 0 Å². The van der Waals surface area contributed by atoms with Gasteiger partial charge < -0.3 is 10.1 Å². The summed E-state index contributed by atoms with van der Waals surface area (Å²) in [6, 6.07) is 1.21. The molecule has 1 N–H and O–H groups in total. The van der Waals surface area contributed by atoms with Crippen LogP contribution in [0.25, 0.3) is 0 Å². The van der Waals surface area contributed by atoms with Crippen molar-refractivity contribution in [2.75, 3.05) is 13.2 Å². The molecule has 0 aromatic heterocycles. The van der Waals surface area contributed by atoms with Crippen LogP contribution < -0.4 is 5.32 Å². The molecular formula is C12H12F3NO2. The van der Waals surface area contributed by atoms with E-state index in [0.717, 1.165) is 6.07 Å². The van der Waals surface area contributed by atoms with Gasteiger partial charge in [-0.3, -0.25) is 4.79 Å². The van der Waals surface area contributed by atoms with Crippen molar-refractivity contribution in [2.24, 2.45) is 5.92 Å². The van der Waals surface area contributed by atoms with Crippen LogP contribution in [0.5, 0.6) is 0 Å². The van der Waals surface area contributed by atoms with E-state index in [1.165, 1.54) is 0 Å². The summed E-state index contributed by atoms with van der Waals surface area (Å²) in [5, 5.41) is 2.48. The highest BCUT2D eigenvalue weighted by molar-refractivity contribution is 5.78. The largest absolute Gasteiger partial charge is 0.381 e. The van der Waals surface area contributed by atoms with Crippen LogP contribution in [0.1, 0.15) is 12.0 Å². The molecule has 1 atom stereocenters. The molecule has 1 aliphatic heterocycles. The van der Waals surface area contributed by atoms with Gasteiger partial charge in [-0.2, -0.15) is 0 Å². The Morgan fingerprint density at radius 2 is 2.00 bits per heavy atom. The minimum Gasteiger partial charge on any atom is -0.381 e. The Morgan fingerprint density at radius 1 is 1.28 bits per heavy atom. The van der Waals surface area contributed by atoms with E-state index in [0.29, 0.717) is 25.7 Å². The number of carbonyl (C=O) groups excluding carboxylic acids is 1. The van der Waals surface area contributed by atoms with E-state index in [9.17, 15) is 18.0 Å². The van der Waals surface area contributed by atoms with Gasteiger partial charge in [-0.05, 0) is 12.5 Å². The van der Waals surface area contributed by atoms with Crippen molar-refractivity contribution >= 4 is 5.91 Å². The Balaban J connectivity index is 1.97. The molecule has 1 aliphatic rings. The Bertz CT molecular complexity index is 459. The molecule has 6 heteroatoms. The number of hydrogen-bond donors (Lipinski definition) is 1. The van der Waals surface area contributed by atoms with Crippen LogP contribution in [0.4, 0.5) is 13.2 Å². The maximum Gasteiger partial charge on any atom is 0.225 e. The lowest BCUT2D eigenvalue weighted by Crippen LogP contribution is -2.30. The van der Waals surface area contributed by atoms with Gasteiger partial charge in [0.15, 0.2) is 11.6 Å². The Kier molecular flexibility index (Phi) is 3.86. The lowest BCUT2D eigenvalue weighted by molar-refractivity contribution is -0.125. The molecular weight excluding hydrogens is 247 g/mol. The van der Waals surface area contributed by atoms with Crippen molar-refractivity contribution in [3.05, 3.63) is 35.1 Å². The number of amides is 1. The van der Waals surface area contributed by atoms with Crippen molar-refractivity contribution in [1.82, 2.24) is 5.32 Å². The Labute approximate surface area is 102 Å². The molecule has 1 saturated heterocycles. The van der Waals surface area contributed by atoms with Gasteiger partial charge in [-0.15, -0.1) is 0 Å². The highest BCUT2D eigenvalue weighted by atomic mass is 19.2. The van der Waals surface area contributed by atoms with Crippen LogP contribution in [-0.2, 0) is 16.1 Å². The maximum absolute atomic E-state index is 13.3. The number of carbonyl (C=O) groups is 1. The predicted octanol–water partition coefficient (Wildman–Crippen LogP) is 1.76. The lowest BCUT2D eigenvalue weighted by Gasteiger charge is -2.10. The van der Waals surface area contributed by atoms with Gasteiger partial charge in [-0.25, -0.2) is 13.2 Å². The summed E-state index contributed by atoms with van der Waals surface area (Å²) in [4.78, 5) is 11.6. The highest BCUT2D eigenvalue weighted by Crippen LogP contribution is 2.15. The third kappa shape index (κ3) is 2.81. The molecule has 3 nitrogen and oxygen atoms in total. The third-order valence-electron chi connectivity index (χ3n) is 2.84. The molecule has 1 amide bonds. The first kappa shape index (κ1) is 12.9. The van der Waals surface area contributed by atoms with Crippen LogP contribution >= 0.6 is 0 Å². The van der Waals surface area contributed by atoms with Gasteiger partial charge in [0.05, 0.1) is 12.5 Å². The fraction of sp³-hybridized carbons (Fsp3) is 0.417. The second-order valence-electron chi connectivity index (χ2n) is 4.14. The molecule has 0 saturated carbocycles. The molecule has 1 aromatic carbocycles. The molecule has 0 spiro atoms. The molecule has 0 unspecified atom stereocenters. The van der Waals surface area contributed by atoms with E-state index in [1.54, 1.807) is 0 Å². The van der Waals surface area contributed by atoms with Crippen molar-refractivity contribution in [2.45, 2.75) is 13.0 Å². The Morgan fingerprint density at radius 3 is 2.67 bits per heavy atom. The summed E-state index contributed by atoms with van der Waals surface area (Å²) in [5.74, 6) is -3.77. The van der Waals surface area contributed by atoms with E-state index >= 15 is 0 Å². The molecule has 1 heterocycles. The first-order valence-electron chi connectivity index (χ1n) is 5.57. The molecule has 98 valence electrons. The van der Waals surface area contributed by atoms with E-state index < -0.39 is 17.5 Å². The average molecular weight is 259 g/mol. The van der Waals surface area contributed by atoms with Crippen LogP contribution in [0, 0.1) is 23.4 Å². The number of nitrogens with one attached hydrogen (secondary N) is 1. The summed E-state index contributed by atoms with van der Waals surface area (Å²) in [7, 11) is 0. The zero-order chi connectivity index (χ0) is 13.1. The summed E-state index contributed by atoms with van der Waals surface area (Å²) in [5.41, 5.74) is -0.0823. The quantitative estimate of drug-likeness (QED) is 0.840. The van der Waals surface area contributed by atoms with Gasteiger partial charge >= 0.3 is 0 Å². The lowest BCUT2D eigenvalue weighted by atomic mass is 10.1. The minimum atomic E-state index is -1.24. The van der Waals surface area contributed by atoms with Crippen molar-refractivity contribution in [3.63, 3.8) is 0 Å². The fourth-order valence-corrected chi connectivity index (χ4v) is 1.77. The van der Waals surface area contributed by atoms with Gasteiger partial charge in [0.25, 0.3) is 0 Å². The van der Waals surface area contributed by atoms with E-state index in [1.807, 2.05) is 0 Å². The van der Waals surface area contributed by atoms with Gasteiger partial charge in [0.1, 0.15) is 5.82 Å². The van der Waals surface area contributed by atoms with Gasteiger partial charge in [0.2, 0.25) is 5.91 Å². The van der Waals surface area contributed by atoms with E-state index in [2.05, 4.69) is 5.32 Å². The molecule has 0 bridgehead atoms. The standard InChI is InChI=1S/C12H12F3NO2/c13-9-4-11(15)10(14)3-8(9)5-16-12(17)7-1-2-18-6-7/h3-4,7H,1-2,5-6H2,(H,16,17)/t7-/m1/s1. The number of ether oxygens (including phenoxy) is 1. The summed E-state index contributed by atoms with van der Waals surface area (Å²) in [6.45, 7) is 0.697.